The third kappa shape index (κ3) is 2.83. The Morgan fingerprint density at radius 2 is 2.10 bits per heavy atom. The fourth-order valence-corrected chi connectivity index (χ4v) is 2.99. The van der Waals surface area contributed by atoms with E-state index in [0.717, 1.165) is 25.9 Å². The lowest BCUT2D eigenvalue weighted by atomic mass is 9.91. The minimum absolute atomic E-state index is 0.0538. The van der Waals surface area contributed by atoms with Gasteiger partial charge in [0.2, 0.25) is 0 Å². The molecule has 108 valence electrons. The molecule has 0 bridgehead atoms. The van der Waals surface area contributed by atoms with Gasteiger partial charge < -0.3 is 15.0 Å². The quantitative estimate of drug-likeness (QED) is 0.892. The summed E-state index contributed by atoms with van der Waals surface area (Å²) in [5, 5.41) is 3.33. The van der Waals surface area contributed by atoms with Crippen molar-refractivity contribution >= 4 is 11.6 Å². The average Bonchev–Trinajstić information content (AvgIpc) is 2.48. The number of ether oxygens (including phenoxy) is 1. The van der Waals surface area contributed by atoms with Crippen LogP contribution < -0.4 is 10.2 Å². The van der Waals surface area contributed by atoms with Crippen molar-refractivity contribution in [3.63, 3.8) is 0 Å². The molecule has 1 N–H and O–H groups in total. The second-order valence-electron chi connectivity index (χ2n) is 5.42. The van der Waals surface area contributed by atoms with E-state index in [2.05, 4.69) is 5.32 Å². The van der Waals surface area contributed by atoms with Gasteiger partial charge in [-0.3, -0.25) is 4.79 Å². The van der Waals surface area contributed by atoms with E-state index >= 15 is 0 Å². The maximum Gasteiger partial charge on any atom is 0.253 e. The van der Waals surface area contributed by atoms with Gasteiger partial charge in [0.25, 0.3) is 5.91 Å². The Kier molecular flexibility index (Phi) is 3.98. The number of morpholine rings is 1. The monoisotopic (exact) mass is 278 g/mol. The number of nitrogens with zero attached hydrogens (tertiary/aromatic N) is 1. The lowest BCUT2D eigenvalue weighted by Crippen LogP contribution is -2.51. The molecule has 0 saturated carbocycles. The van der Waals surface area contributed by atoms with Crippen LogP contribution >= 0.6 is 0 Å². The average molecular weight is 278 g/mol. The highest BCUT2D eigenvalue weighted by molar-refractivity contribution is 5.94. The third-order valence-electron chi connectivity index (χ3n) is 4.11. The molecule has 2 aliphatic heterocycles. The second-order valence-corrected chi connectivity index (χ2v) is 5.42. The van der Waals surface area contributed by atoms with Gasteiger partial charge in [-0.15, -0.1) is 0 Å². The molecule has 2 fully saturated rings. The zero-order valence-electron chi connectivity index (χ0n) is 11.3. The number of amides is 1. The Labute approximate surface area is 117 Å². The number of benzene rings is 1. The topological polar surface area (TPSA) is 41.6 Å². The van der Waals surface area contributed by atoms with Gasteiger partial charge in [-0.05, 0) is 50.0 Å². The summed E-state index contributed by atoms with van der Waals surface area (Å²) in [6, 6.07) is 6.19. The van der Waals surface area contributed by atoms with Crippen molar-refractivity contribution in [2.45, 2.75) is 18.9 Å². The maximum absolute atomic E-state index is 13.3. The largest absolute Gasteiger partial charge is 0.366 e. The van der Waals surface area contributed by atoms with Gasteiger partial charge >= 0.3 is 0 Å². The van der Waals surface area contributed by atoms with E-state index in [-0.39, 0.29) is 24.4 Å². The van der Waals surface area contributed by atoms with E-state index in [9.17, 15) is 9.18 Å². The van der Waals surface area contributed by atoms with Crippen LogP contribution in [0.5, 0.6) is 0 Å². The van der Waals surface area contributed by atoms with E-state index in [1.54, 1.807) is 17.0 Å². The zero-order chi connectivity index (χ0) is 13.9. The van der Waals surface area contributed by atoms with Gasteiger partial charge in [-0.25, -0.2) is 4.39 Å². The van der Waals surface area contributed by atoms with Crippen LogP contribution in [0.3, 0.4) is 0 Å². The van der Waals surface area contributed by atoms with Gasteiger partial charge in [0.15, 0.2) is 0 Å². The van der Waals surface area contributed by atoms with Crippen LogP contribution in [-0.2, 0) is 9.53 Å². The third-order valence-corrected chi connectivity index (χ3v) is 4.11. The molecule has 1 aromatic carbocycles. The summed E-state index contributed by atoms with van der Waals surface area (Å²) in [6.45, 7) is 2.61. The Hall–Kier alpha value is -1.46. The van der Waals surface area contributed by atoms with Crippen molar-refractivity contribution in [1.29, 1.82) is 0 Å². The molecular weight excluding hydrogens is 259 g/mol. The van der Waals surface area contributed by atoms with E-state index in [1.165, 1.54) is 12.1 Å². The lowest BCUT2D eigenvalue weighted by Gasteiger charge is -2.38. The number of halogens is 1. The van der Waals surface area contributed by atoms with Gasteiger partial charge in [0.1, 0.15) is 12.4 Å². The summed E-state index contributed by atoms with van der Waals surface area (Å²) in [5.74, 6) is 0.0569. The Morgan fingerprint density at radius 3 is 2.85 bits per heavy atom. The number of carbonyl (C=O) groups is 1. The summed E-state index contributed by atoms with van der Waals surface area (Å²) >= 11 is 0. The predicted octanol–water partition coefficient (Wildman–Crippen LogP) is 1.56. The smallest absolute Gasteiger partial charge is 0.253 e. The van der Waals surface area contributed by atoms with E-state index in [1.807, 2.05) is 0 Å². The molecule has 0 radical (unpaired) electrons. The summed E-state index contributed by atoms with van der Waals surface area (Å²) in [6.07, 6.45) is 2.18. The molecule has 3 rings (SSSR count). The molecule has 20 heavy (non-hydrogen) atoms. The standard InChI is InChI=1S/C15H19FN2O2/c16-12-2-1-3-13(8-12)18-9-14(20-10-15(18)19)11-4-6-17-7-5-11/h1-3,8,11,14,17H,4-7,9-10H2. The Morgan fingerprint density at radius 1 is 1.30 bits per heavy atom. The number of carbonyl (C=O) groups excluding carboxylic acids is 1. The highest BCUT2D eigenvalue weighted by Gasteiger charge is 2.33. The van der Waals surface area contributed by atoms with Crippen molar-refractivity contribution in [2.75, 3.05) is 31.1 Å². The number of nitrogens with one attached hydrogen (secondary N) is 1. The summed E-state index contributed by atoms with van der Waals surface area (Å²) in [4.78, 5) is 13.7. The van der Waals surface area contributed by atoms with Crippen LogP contribution in [0.4, 0.5) is 10.1 Å². The second kappa shape index (κ2) is 5.89. The lowest BCUT2D eigenvalue weighted by molar-refractivity contribution is -0.131. The van der Waals surface area contributed by atoms with Crippen LogP contribution in [-0.4, -0.2) is 38.3 Å². The van der Waals surface area contributed by atoms with Crippen molar-refractivity contribution in [3.8, 4) is 0 Å². The van der Waals surface area contributed by atoms with Crippen molar-refractivity contribution < 1.29 is 13.9 Å². The molecular formula is C15H19FN2O2. The maximum atomic E-state index is 13.3. The normalized spacial score (nSPS) is 24.9. The van der Waals surface area contributed by atoms with E-state index in [4.69, 9.17) is 4.74 Å². The molecule has 1 unspecified atom stereocenters. The summed E-state index contributed by atoms with van der Waals surface area (Å²) in [5.41, 5.74) is 0.622. The molecule has 2 saturated heterocycles. The first kappa shape index (κ1) is 13.5. The Bertz CT molecular complexity index is 489. The SMILES string of the molecule is O=C1COC(C2CCNCC2)CN1c1cccc(F)c1. The fourth-order valence-electron chi connectivity index (χ4n) is 2.99. The molecule has 4 nitrogen and oxygen atoms in total. The number of rotatable bonds is 2. The van der Waals surface area contributed by atoms with Gasteiger partial charge in [0.05, 0.1) is 12.6 Å². The van der Waals surface area contributed by atoms with Crippen LogP contribution in [0.15, 0.2) is 24.3 Å². The summed E-state index contributed by atoms with van der Waals surface area (Å²) < 4.78 is 19.0. The van der Waals surface area contributed by atoms with Gasteiger partial charge in [-0.2, -0.15) is 0 Å². The van der Waals surface area contributed by atoms with Crippen molar-refractivity contribution in [2.24, 2.45) is 5.92 Å². The van der Waals surface area contributed by atoms with Gasteiger partial charge in [-0.1, -0.05) is 6.07 Å². The molecule has 2 heterocycles. The first-order chi connectivity index (χ1) is 9.74. The minimum atomic E-state index is -0.319. The molecule has 1 amide bonds. The number of piperidine rings is 1. The molecule has 1 aromatic rings. The predicted molar refractivity (Wildman–Crippen MR) is 74.1 cm³/mol. The van der Waals surface area contributed by atoms with Crippen LogP contribution in [0.1, 0.15) is 12.8 Å². The van der Waals surface area contributed by atoms with Crippen molar-refractivity contribution in [1.82, 2.24) is 5.32 Å². The molecule has 0 aliphatic carbocycles. The van der Waals surface area contributed by atoms with Crippen LogP contribution in [0.25, 0.3) is 0 Å². The number of hydrogen-bond donors (Lipinski definition) is 1. The first-order valence-electron chi connectivity index (χ1n) is 7.12. The van der Waals surface area contributed by atoms with Crippen LogP contribution in [0.2, 0.25) is 0 Å². The number of hydrogen-bond acceptors (Lipinski definition) is 3. The molecule has 0 spiro atoms. The van der Waals surface area contributed by atoms with Crippen molar-refractivity contribution in [3.05, 3.63) is 30.1 Å². The van der Waals surface area contributed by atoms with E-state index in [0.29, 0.717) is 18.2 Å². The fraction of sp³-hybridized carbons (Fsp3) is 0.533. The number of anilines is 1. The minimum Gasteiger partial charge on any atom is -0.366 e. The Balaban J connectivity index is 1.74. The molecule has 0 aromatic heterocycles. The zero-order valence-corrected chi connectivity index (χ0v) is 11.3. The highest BCUT2D eigenvalue weighted by Crippen LogP contribution is 2.26. The first-order valence-corrected chi connectivity index (χ1v) is 7.12. The molecule has 5 heteroatoms. The molecule has 1 atom stereocenters. The van der Waals surface area contributed by atoms with Crippen LogP contribution in [0, 0.1) is 11.7 Å². The summed E-state index contributed by atoms with van der Waals surface area (Å²) in [7, 11) is 0. The van der Waals surface area contributed by atoms with Gasteiger partial charge in [0, 0.05) is 5.69 Å². The molecule has 2 aliphatic rings. The van der Waals surface area contributed by atoms with E-state index < -0.39 is 0 Å². The highest BCUT2D eigenvalue weighted by atomic mass is 19.1.